The van der Waals surface area contributed by atoms with Crippen molar-refractivity contribution in [2.75, 3.05) is 81.2 Å². The molecule has 6 N–H and O–H groups in total. The van der Waals surface area contributed by atoms with E-state index in [-0.39, 0.29) is 141 Å². The topological polar surface area (TPSA) is 401 Å². The molecule has 8 heterocycles. The van der Waals surface area contributed by atoms with Gasteiger partial charge in [0.15, 0.2) is 5.78 Å². The van der Waals surface area contributed by atoms with E-state index in [1.165, 1.54) is 16.9 Å². The number of aliphatic hydroxyl groups excluding tert-OH is 4. The number of carbonyl (C=O) groups is 9. The number of rotatable bonds is 19. The first-order chi connectivity index (χ1) is 68.1. The van der Waals surface area contributed by atoms with Gasteiger partial charge in [0, 0.05) is 110 Å². The zero-order valence-electron chi connectivity index (χ0n) is 89.0. The van der Waals surface area contributed by atoms with Crippen LogP contribution in [0.3, 0.4) is 0 Å². The average molecular weight is 2010 g/mol. The lowest BCUT2D eigenvalue weighted by atomic mass is 9.78. The molecule has 0 aromatic heterocycles. The van der Waals surface area contributed by atoms with E-state index in [9.17, 15) is 73.8 Å². The number of amides is 2. The van der Waals surface area contributed by atoms with Crippen molar-refractivity contribution in [3.63, 3.8) is 0 Å². The molecule has 30 nitrogen and oxygen atoms in total. The van der Waals surface area contributed by atoms with E-state index in [1.807, 2.05) is 96.2 Å². The second-order valence-electron chi connectivity index (χ2n) is 43.4. The van der Waals surface area contributed by atoms with Crippen LogP contribution in [0.1, 0.15) is 277 Å². The molecule has 0 aromatic rings. The monoisotopic (exact) mass is 2010 g/mol. The Morgan fingerprint density at radius 3 is 1.32 bits per heavy atom. The van der Waals surface area contributed by atoms with Gasteiger partial charge < -0.3 is 102 Å². The van der Waals surface area contributed by atoms with Gasteiger partial charge in [-0.25, -0.2) is 9.59 Å². The predicted octanol–water partition coefficient (Wildman–Crippen LogP) is 14.5. The fraction of sp³-hybridized carbons (Fsp3) is 0.761. The number of carbonyl (C=O) groups excluding carboxylic acids is 9. The Labute approximate surface area is 851 Å². The number of methoxy groups -OCH3 is 4. The van der Waals surface area contributed by atoms with Crippen LogP contribution in [0, 0.1) is 71.0 Å². The molecule has 6 saturated heterocycles. The van der Waals surface area contributed by atoms with Gasteiger partial charge in [-0.1, -0.05) is 149 Å². The molecule has 4 bridgehead atoms. The van der Waals surface area contributed by atoms with Gasteiger partial charge in [0.2, 0.25) is 11.6 Å². The molecule has 0 radical (unpaired) electrons. The normalized spacial score (nSPS) is 40.0. The van der Waals surface area contributed by atoms with Crippen molar-refractivity contribution < 1.29 is 135 Å². The second kappa shape index (κ2) is 58.4. The summed E-state index contributed by atoms with van der Waals surface area (Å²) in [5, 5.41) is 67.4. The van der Waals surface area contributed by atoms with E-state index < -0.39 is 156 Å². The Morgan fingerprint density at radius 2 is 0.895 bits per heavy atom. The van der Waals surface area contributed by atoms with E-state index in [0.717, 1.165) is 61.7 Å². The van der Waals surface area contributed by atoms with Gasteiger partial charge in [-0.05, 0) is 251 Å². The summed E-state index contributed by atoms with van der Waals surface area (Å²) < 4.78 is 78.7. The highest BCUT2D eigenvalue weighted by Gasteiger charge is 2.56. The Morgan fingerprint density at radius 1 is 0.462 bits per heavy atom. The maximum atomic E-state index is 14.6. The lowest BCUT2D eigenvalue weighted by Gasteiger charge is -2.43. The molecule has 806 valence electrons. The first-order valence-corrected chi connectivity index (χ1v) is 53.5. The maximum absolute atomic E-state index is 14.6. The number of allylic oxidation sites excluding steroid dienone is 12. The van der Waals surface area contributed by atoms with Crippen molar-refractivity contribution in [2.45, 2.75) is 398 Å². The first kappa shape index (κ1) is 120. The minimum atomic E-state index is -2.46. The fourth-order valence-corrected chi connectivity index (χ4v) is 22.6. The highest BCUT2D eigenvalue weighted by Crippen LogP contribution is 2.43. The summed E-state index contributed by atoms with van der Waals surface area (Å²) in [5.41, 5.74) is 3.48. The lowest BCUT2D eigenvalue weighted by molar-refractivity contribution is -0.266. The average Bonchev–Trinajstić information content (AvgIpc) is 1.71. The molecular formula is C113H176N2O28. The number of aliphatic hydroxyl groups is 6. The van der Waals surface area contributed by atoms with Crippen molar-refractivity contribution >= 4 is 52.7 Å². The third-order valence-corrected chi connectivity index (χ3v) is 32.0. The van der Waals surface area contributed by atoms with Crippen molar-refractivity contribution in [3.8, 4) is 0 Å². The summed E-state index contributed by atoms with van der Waals surface area (Å²) in [5.74, 6) is -15.0. The Kier molecular flexibility index (Phi) is 48.9. The van der Waals surface area contributed by atoms with Crippen LogP contribution in [-0.2, 0) is 105 Å². The van der Waals surface area contributed by atoms with Gasteiger partial charge in [0.1, 0.15) is 60.3 Å². The quantitative estimate of drug-likeness (QED) is 0.0397. The standard InChI is InChI=1S/C57H89NO15.C56H87NO13/c1-35-16-11-10-12-17-36(2)48(71-34-44-18-15-26-69-44)32-43-22-20-41(7)57(66,73-43)54(63)55(64)58-24-14-13-19-45(58)56(65)72-49(38(4)30-42-21-23-47(70-27-25-59)50(31-42)67-8)33-46(60)37(3)29-40(6)52(62)53(68-9)51(61)39(5)28-35;1-34-17-12-11-13-18-35(2)48(68-33-44-19-16-26-67-44)31-43-23-21-40(7)56(64,70-43)53(61)54(62)57-25-15-14-20-45(57)55(63)69-49(38(5)29-42-22-24-46(58)50(30-42)65-9)32-47(59)37(4)28-39(6)51(60)52(66-10)41(8)36(3)27-34/h10-12,16-17,29,35,37-39,41-45,47-50,52-53,59,62,66H,13-15,18-28,30-34H2,1-9H3;11-13,17-18,28,34,36-38,40,42-46,48-52,58,60,64H,8,14-16,19-27,29-33H2,1-7,9-10H3/b12-10+,16-11+,36-17+,40-29+;13-11+,17-12+,35-18+,39-28+. The van der Waals surface area contributed by atoms with Crippen LogP contribution < -0.4 is 0 Å². The van der Waals surface area contributed by atoms with Crippen LogP contribution in [0.25, 0.3) is 0 Å². The molecule has 8 fully saturated rings. The zero-order chi connectivity index (χ0) is 105. The summed E-state index contributed by atoms with van der Waals surface area (Å²) >= 11 is 0. The third kappa shape index (κ3) is 34.1. The molecule has 32 unspecified atom stereocenters. The number of esters is 2. The number of hydrogen-bond donors (Lipinski definition) is 6. The molecule has 0 spiro atoms. The van der Waals surface area contributed by atoms with Gasteiger partial charge in [0.25, 0.3) is 23.4 Å². The lowest BCUT2D eigenvalue weighted by Crippen LogP contribution is -2.61. The maximum Gasteiger partial charge on any atom is 0.329 e. The molecule has 8 aliphatic heterocycles. The number of Topliss-reactive ketones (excluding diaryl/α,β-unsaturated/α-hetero) is 5. The van der Waals surface area contributed by atoms with Gasteiger partial charge in [-0.2, -0.15) is 0 Å². The molecule has 2 aliphatic carbocycles. The number of nitrogens with zero attached hydrogens (tertiary/aromatic N) is 2. The number of piperidine rings is 2. The third-order valence-electron chi connectivity index (χ3n) is 32.0. The predicted molar refractivity (Wildman–Crippen MR) is 541 cm³/mol. The zero-order valence-corrected chi connectivity index (χ0v) is 89.0. The van der Waals surface area contributed by atoms with Gasteiger partial charge >= 0.3 is 11.9 Å². The smallest absolute Gasteiger partial charge is 0.329 e. The van der Waals surface area contributed by atoms with Crippen LogP contribution in [0.2, 0.25) is 0 Å². The molecule has 2 saturated carbocycles. The molecule has 10 rings (SSSR count). The minimum Gasteiger partial charge on any atom is -0.460 e. The molecule has 10 aliphatic rings. The van der Waals surface area contributed by atoms with Crippen molar-refractivity contribution in [2.24, 2.45) is 71.0 Å². The van der Waals surface area contributed by atoms with Crippen molar-refractivity contribution in [1.82, 2.24) is 9.80 Å². The van der Waals surface area contributed by atoms with Gasteiger partial charge in [-0.15, -0.1) is 0 Å². The van der Waals surface area contributed by atoms with E-state index in [1.54, 1.807) is 75.0 Å². The second-order valence-corrected chi connectivity index (χ2v) is 43.4. The Hall–Kier alpha value is -6.79. The minimum absolute atomic E-state index is 0.00262. The Bertz CT molecular complexity index is 4370. The first-order valence-electron chi connectivity index (χ1n) is 53.5. The van der Waals surface area contributed by atoms with E-state index in [4.69, 9.17) is 61.6 Å². The highest BCUT2D eigenvalue weighted by molar-refractivity contribution is 6.39. The molecule has 30 heteroatoms. The molecule has 143 heavy (non-hydrogen) atoms. The number of cyclic esters (lactones) is 2. The number of fused-ring (bicyclic) bond motifs is 6. The highest BCUT2D eigenvalue weighted by atomic mass is 16.7. The number of ether oxygens (including phenoxy) is 13. The Balaban J connectivity index is 0.000000319. The molecule has 0 aromatic carbocycles. The summed E-state index contributed by atoms with van der Waals surface area (Å²) in [7, 11) is 6.14. The molecule has 2 amide bonds. The van der Waals surface area contributed by atoms with Crippen LogP contribution >= 0.6 is 0 Å². The van der Waals surface area contributed by atoms with Crippen molar-refractivity contribution in [3.05, 3.63) is 107 Å². The van der Waals surface area contributed by atoms with E-state index in [0.29, 0.717) is 147 Å². The summed E-state index contributed by atoms with van der Waals surface area (Å²) in [6.45, 7) is 32.8. The SMILES string of the molecule is C=C1C(C)CC(C)/C=C/C=C/C=C(\C)C(OCC2CCCO2)CC2CCC(C)C(O)(O2)C(=O)C(=O)N2CCCCC2C(=O)OC(C(C)CC2CCC(O)C(OC)C2)CC(=O)C(C)/C=C(\C)C(O)C1OC.COC1CC(CC(C)C2CC(=O)C(C)/C=C(\C)C(O)C(OC)C(=O)C(C)CC(C)/C=C/C=C/C=C(\C)C(OCC3CCCO3)CC3CCC(C)C(O)(O3)C(=O)C(=O)N3CCCCC3C(=O)O2)CCC1OCCO. The van der Waals surface area contributed by atoms with Crippen LogP contribution in [0.15, 0.2) is 107 Å². The molecule has 32 atom stereocenters. The summed E-state index contributed by atoms with van der Waals surface area (Å²) in [6, 6.07) is -2.28. The number of hydrogen-bond acceptors (Lipinski definition) is 28. The number of ketones is 5. The van der Waals surface area contributed by atoms with Crippen LogP contribution in [-0.4, -0.2) is 296 Å². The van der Waals surface area contributed by atoms with E-state index >= 15 is 0 Å². The van der Waals surface area contributed by atoms with Crippen LogP contribution in [0.4, 0.5) is 0 Å². The van der Waals surface area contributed by atoms with Crippen LogP contribution in [0.5, 0.6) is 0 Å². The van der Waals surface area contributed by atoms with Gasteiger partial charge in [0.05, 0.1) is 87.5 Å². The summed E-state index contributed by atoms with van der Waals surface area (Å²) in [4.78, 5) is 132. The van der Waals surface area contributed by atoms with Gasteiger partial charge in [-0.3, -0.25) is 33.6 Å². The fourth-order valence-electron chi connectivity index (χ4n) is 22.6. The van der Waals surface area contributed by atoms with Crippen molar-refractivity contribution in [1.29, 1.82) is 0 Å². The summed E-state index contributed by atoms with van der Waals surface area (Å²) in [6.07, 6.45) is 28.4. The van der Waals surface area contributed by atoms with E-state index in [2.05, 4.69) is 26.5 Å². The molecular weight excluding hydrogens is 1830 g/mol. The largest absolute Gasteiger partial charge is 0.460 e.